The van der Waals surface area contributed by atoms with E-state index in [9.17, 15) is 20.4 Å². The Morgan fingerprint density at radius 2 is 1.95 bits per heavy atom. The Bertz CT molecular complexity index is 1590. The van der Waals surface area contributed by atoms with Crippen LogP contribution in [0, 0.1) is 29.6 Å². The number of esters is 1. The van der Waals surface area contributed by atoms with Gasteiger partial charge in [0.2, 0.25) is 11.8 Å². The molecule has 0 saturated carbocycles. The van der Waals surface area contributed by atoms with Gasteiger partial charge in [-0.1, -0.05) is 6.58 Å². The minimum absolute atomic E-state index is 0.0162. The Kier molecular flexibility index (Phi) is 12.0. The van der Waals surface area contributed by atoms with Crippen LogP contribution in [0.4, 0.5) is 34.9 Å². The van der Waals surface area contributed by atoms with Crippen LogP contribution in [0.3, 0.4) is 0 Å². The molecule has 0 spiro atoms. The first kappa shape index (κ1) is 32.9. The number of aryl methyl sites for hydroxylation is 1. The number of nitriles is 2. The van der Waals surface area contributed by atoms with E-state index >= 15 is 0 Å². The molecule has 17 heteroatoms. The van der Waals surface area contributed by atoms with Crippen molar-refractivity contribution in [2.75, 3.05) is 68.8 Å². The number of methoxy groups -OCH3 is 1. The lowest BCUT2D eigenvalue weighted by molar-refractivity contribution is -0.140. The van der Waals surface area contributed by atoms with Crippen LogP contribution in [-0.4, -0.2) is 89.4 Å². The fourth-order valence-electron chi connectivity index (χ4n) is 3.67. The normalized spacial score (nSPS) is 11.3. The Morgan fingerprint density at radius 1 is 1.18 bits per heavy atom. The summed E-state index contributed by atoms with van der Waals surface area (Å²) in [6.45, 7) is 5.80. The number of hydrogen-bond donors (Lipinski definition) is 5. The molecule has 3 aromatic heterocycles. The molecule has 0 bridgehead atoms. The monoisotopic (exact) mass is 603 g/mol. The van der Waals surface area contributed by atoms with E-state index in [-0.39, 0.29) is 47.8 Å². The number of rotatable bonds is 16. The molecule has 0 aromatic carbocycles. The SMILES string of the molecule is C=CC(=O)OCC(O)CNc1nc(NC)c(N=Nc2nn(-c3nc(NC)cc(C)c3C#N)cc2C#N)c(NCCCOC)n1. The third-order valence-electron chi connectivity index (χ3n) is 5.86. The van der Waals surface area contributed by atoms with Crippen LogP contribution in [0.15, 0.2) is 35.1 Å². The highest BCUT2D eigenvalue weighted by Crippen LogP contribution is 2.34. The molecule has 0 radical (unpaired) electrons. The van der Waals surface area contributed by atoms with Crippen molar-refractivity contribution in [3.05, 3.63) is 41.6 Å². The van der Waals surface area contributed by atoms with Gasteiger partial charge in [-0.2, -0.15) is 20.5 Å². The minimum Gasteiger partial charge on any atom is -0.460 e. The average molecular weight is 604 g/mol. The minimum atomic E-state index is -1.04. The number of anilines is 4. The van der Waals surface area contributed by atoms with Crippen LogP contribution in [0.5, 0.6) is 0 Å². The van der Waals surface area contributed by atoms with Crippen LogP contribution in [0.2, 0.25) is 0 Å². The number of ether oxygens (including phenoxy) is 2. The van der Waals surface area contributed by atoms with Gasteiger partial charge in [0.25, 0.3) is 0 Å². The molecule has 1 atom stereocenters. The fraction of sp³-hybridized carbons (Fsp3) is 0.370. The number of hydrogen-bond acceptors (Lipinski definition) is 16. The number of nitrogens with one attached hydrogen (secondary N) is 4. The largest absolute Gasteiger partial charge is 0.460 e. The van der Waals surface area contributed by atoms with Crippen molar-refractivity contribution in [2.45, 2.75) is 19.4 Å². The maximum Gasteiger partial charge on any atom is 0.330 e. The third-order valence-corrected chi connectivity index (χ3v) is 5.86. The van der Waals surface area contributed by atoms with Crippen molar-refractivity contribution in [1.29, 1.82) is 10.5 Å². The summed E-state index contributed by atoms with van der Waals surface area (Å²) in [6.07, 6.45) is 2.04. The standard InChI is InChI=1S/C27H33N13O4/c1-6-21(42)44-15-18(41)13-33-27-35-24(31-4)22(25(36-27)32-8-7-9-43-5)37-38-23-17(11-28)14-40(39-23)26-19(12-29)16(2)10-20(30-3)34-26/h6,10,14,18,41H,1,7-9,13,15H2,2-5H3,(H,30,34)(H3,31,32,33,35,36). The maximum atomic E-state index is 11.3. The van der Waals surface area contributed by atoms with Crippen molar-refractivity contribution in [1.82, 2.24) is 24.7 Å². The summed E-state index contributed by atoms with van der Waals surface area (Å²) in [6, 6.07) is 5.90. The second-order valence-corrected chi connectivity index (χ2v) is 8.99. The van der Waals surface area contributed by atoms with Gasteiger partial charge in [-0.25, -0.2) is 14.5 Å². The summed E-state index contributed by atoms with van der Waals surface area (Å²) in [4.78, 5) is 24.6. The summed E-state index contributed by atoms with van der Waals surface area (Å²) < 4.78 is 11.3. The molecule has 17 nitrogen and oxygen atoms in total. The first-order valence-electron chi connectivity index (χ1n) is 13.3. The van der Waals surface area contributed by atoms with E-state index in [1.165, 1.54) is 10.9 Å². The molecule has 3 heterocycles. The molecule has 1 unspecified atom stereocenters. The topological polar surface area (TPSA) is 233 Å². The summed E-state index contributed by atoms with van der Waals surface area (Å²) in [7, 11) is 4.93. The van der Waals surface area contributed by atoms with Gasteiger partial charge in [-0.05, 0) is 25.0 Å². The highest BCUT2D eigenvalue weighted by molar-refractivity contribution is 5.81. The number of pyridine rings is 1. The summed E-state index contributed by atoms with van der Waals surface area (Å²) in [5.41, 5.74) is 1.29. The number of nitrogens with zero attached hydrogens (tertiary/aromatic N) is 9. The number of aliphatic hydroxyl groups excluding tert-OH is 1. The van der Waals surface area contributed by atoms with E-state index in [1.807, 2.05) is 6.07 Å². The smallest absolute Gasteiger partial charge is 0.330 e. The Balaban J connectivity index is 1.97. The van der Waals surface area contributed by atoms with Gasteiger partial charge >= 0.3 is 5.97 Å². The van der Waals surface area contributed by atoms with Gasteiger partial charge in [0.05, 0.1) is 11.8 Å². The lowest BCUT2D eigenvalue weighted by atomic mass is 10.1. The molecule has 3 rings (SSSR count). The van der Waals surface area contributed by atoms with E-state index in [0.29, 0.717) is 42.3 Å². The first-order valence-corrected chi connectivity index (χ1v) is 13.3. The first-order chi connectivity index (χ1) is 21.3. The van der Waals surface area contributed by atoms with Gasteiger partial charge in [-0.15, -0.1) is 15.3 Å². The van der Waals surface area contributed by atoms with Gasteiger partial charge in [0.15, 0.2) is 23.1 Å². The van der Waals surface area contributed by atoms with Crippen molar-refractivity contribution in [2.24, 2.45) is 10.2 Å². The molecule has 0 amide bonds. The van der Waals surface area contributed by atoms with Gasteiger partial charge in [0.1, 0.15) is 36.2 Å². The second kappa shape index (κ2) is 16.1. The van der Waals surface area contributed by atoms with Crippen molar-refractivity contribution in [3.8, 4) is 18.0 Å². The van der Waals surface area contributed by atoms with Gasteiger partial charge < -0.3 is 35.8 Å². The molecule has 230 valence electrons. The lowest BCUT2D eigenvalue weighted by Gasteiger charge is -2.15. The Labute approximate surface area is 253 Å². The number of azo groups is 1. The van der Waals surface area contributed by atoms with Crippen LogP contribution in [0.25, 0.3) is 5.82 Å². The number of aromatic nitrogens is 5. The quantitative estimate of drug-likeness (QED) is 0.0685. The Hall–Kier alpha value is -5.65. The predicted molar refractivity (Wildman–Crippen MR) is 161 cm³/mol. The number of aliphatic hydroxyl groups is 1. The van der Waals surface area contributed by atoms with Crippen LogP contribution in [0.1, 0.15) is 23.1 Å². The molecule has 0 aliphatic rings. The Morgan fingerprint density at radius 3 is 2.61 bits per heavy atom. The van der Waals surface area contributed by atoms with Gasteiger partial charge in [-0.3, -0.25) is 0 Å². The molecule has 0 aliphatic carbocycles. The van der Waals surface area contributed by atoms with E-state index < -0.39 is 12.1 Å². The highest BCUT2D eigenvalue weighted by atomic mass is 16.5. The summed E-state index contributed by atoms with van der Waals surface area (Å²) in [5, 5.41) is 54.5. The van der Waals surface area contributed by atoms with Crippen LogP contribution >= 0.6 is 0 Å². The zero-order valence-electron chi connectivity index (χ0n) is 24.7. The molecule has 0 saturated heterocycles. The molecule has 44 heavy (non-hydrogen) atoms. The molecule has 0 aliphatic heterocycles. The fourth-order valence-corrected chi connectivity index (χ4v) is 3.67. The molecule has 0 fully saturated rings. The maximum absolute atomic E-state index is 11.3. The van der Waals surface area contributed by atoms with E-state index in [0.717, 1.165) is 6.08 Å². The lowest BCUT2D eigenvalue weighted by Crippen LogP contribution is -2.26. The van der Waals surface area contributed by atoms with Crippen molar-refractivity contribution < 1.29 is 19.4 Å². The third kappa shape index (κ3) is 8.44. The zero-order chi connectivity index (χ0) is 32.1. The summed E-state index contributed by atoms with van der Waals surface area (Å²) in [5.74, 6) is 0.799. The van der Waals surface area contributed by atoms with Crippen LogP contribution in [-0.2, 0) is 14.3 Å². The summed E-state index contributed by atoms with van der Waals surface area (Å²) >= 11 is 0. The van der Waals surface area contributed by atoms with Crippen molar-refractivity contribution in [3.63, 3.8) is 0 Å². The molecule has 3 aromatic rings. The van der Waals surface area contributed by atoms with E-state index in [2.05, 4.69) is 64.2 Å². The number of carbonyl (C=O) groups excluding carboxylic acids is 1. The zero-order valence-corrected chi connectivity index (χ0v) is 24.7. The second-order valence-electron chi connectivity index (χ2n) is 8.99. The molecule has 5 N–H and O–H groups in total. The predicted octanol–water partition coefficient (Wildman–Crippen LogP) is 2.56. The number of carbonyl (C=O) groups is 1. The molecular weight excluding hydrogens is 570 g/mol. The van der Waals surface area contributed by atoms with E-state index in [4.69, 9.17) is 9.47 Å². The van der Waals surface area contributed by atoms with E-state index in [1.54, 1.807) is 34.2 Å². The average Bonchev–Trinajstić information content (AvgIpc) is 3.46. The van der Waals surface area contributed by atoms with Crippen molar-refractivity contribution >= 4 is 40.9 Å². The highest BCUT2D eigenvalue weighted by Gasteiger charge is 2.19. The van der Waals surface area contributed by atoms with Gasteiger partial charge in [0, 0.05) is 47.0 Å². The molecular formula is C27H33N13O4. The van der Waals surface area contributed by atoms with Crippen LogP contribution < -0.4 is 21.3 Å².